The van der Waals surface area contributed by atoms with Gasteiger partial charge in [-0.3, -0.25) is 5.84 Å². The minimum absolute atomic E-state index is 0.347. The fourth-order valence-corrected chi connectivity index (χ4v) is 2.70. The van der Waals surface area contributed by atoms with Gasteiger partial charge in [-0.25, -0.2) is 9.82 Å². The molecular weight excluding hydrogens is 291 g/mol. The summed E-state index contributed by atoms with van der Waals surface area (Å²) in [6.07, 6.45) is 0. The normalized spacial score (nSPS) is 12.3. The number of ether oxygens (including phenoxy) is 1. The first-order chi connectivity index (χ1) is 9.97. The Balaban J connectivity index is 2.61. The van der Waals surface area contributed by atoms with Crippen molar-refractivity contribution in [1.29, 1.82) is 0 Å². The highest BCUT2D eigenvalue weighted by atomic mass is 35.5. The van der Waals surface area contributed by atoms with Crippen LogP contribution in [0.3, 0.4) is 0 Å². The predicted molar refractivity (Wildman–Crippen MR) is 83.0 cm³/mol. The Hall–Kier alpha value is -1.62. The third-order valence-corrected chi connectivity index (χ3v) is 3.68. The quantitative estimate of drug-likeness (QED) is 0.669. The average molecular weight is 309 g/mol. The van der Waals surface area contributed by atoms with Crippen LogP contribution >= 0.6 is 11.6 Å². The number of rotatable bonds is 4. The second kappa shape index (κ2) is 6.43. The molecule has 0 saturated carbocycles. The average Bonchev–Trinajstić information content (AvgIpc) is 2.42. The molecule has 112 valence electrons. The summed E-state index contributed by atoms with van der Waals surface area (Å²) >= 11 is 5.81. The third kappa shape index (κ3) is 3.18. The highest BCUT2D eigenvalue weighted by molar-refractivity contribution is 6.30. The van der Waals surface area contributed by atoms with E-state index in [1.165, 1.54) is 6.07 Å². The molecule has 0 aromatic heterocycles. The predicted octanol–water partition coefficient (Wildman–Crippen LogP) is 3.66. The summed E-state index contributed by atoms with van der Waals surface area (Å²) in [6.45, 7) is 3.93. The second-order valence-corrected chi connectivity index (χ2v) is 5.40. The molecule has 2 aromatic carbocycles. The van der Waals surface area contributed by atoms with Gasteiger partial charge in [-0.05, 0) is 43.2 Å². The summed E-state index contributed by atoms with van der Waals surface area (Å²) in [6, 6.07) is 7.94. The van der Waals surface area contributed by atoms with Crippen molar-refractivity contribution in [2.45, 2.75) is 19.9 Å². The molecule has 2 aromatic rings. The second-order valence-electron chi connectivity index (χ2n) is 4.96. The minimum Gasteiger partial charge on any atom is -0.496 e. The lowest BCUT2D eigenvalue weighted by Crippen LogP contribution is -2.30. The number of hydrogen-bond donors (Lipinski definition) is 2. The molecule has 0 spiro atoms. The van der Waals surface area contributed by atoms with Gasteiger partial charge in [0.05, 0.1) is 13.2 Å². The third-order valence-electron chi connectivity index (χ3n) is 3.44. The van der Waals surface area contributed by atoms with Crippen LogP contribution in [0.4, 0.5) is 4.39 Å². The van der Waals surface area contributed by atoms with E-state index in [9.17, 15) is 4.39 Å². The van der Waals surface area contributed by atoms with Gasteiger partial charge in [-0.15, -0.1) is 0 Å². The van der Waals surface area contributed by atoms with Crippen LogP contribution in [0, 0.1) is 19.7 Å². The van der Waals surface area contributed by atoms with Crippen LogP contribution in [0.25, 0.3) is 0 Å². The Bertz CT molecular complexity index is 661. The van der Waals surface area contributed by atoms with E-state index >= 15 is 0 Å². The van der Waals surface area contributed by atoms with Gasteiger partial charge >= 0.3 is 0 Å². The molecule has 2 rings (SSSR count). The molecule has 0 bridgehead atoms. The topological polar surface area (TPSA) is 47.3 Å². The molecule has 5 heteroatoms. The minimum atomic E-state index is -0.516. The number of aryl methyl sites for hydroxylation is 2. The molecule has 0 fully saturated rings. The van der Waals surface area contributed by atoms with E-state index in [0.717, 1.165) is 16.7 Å². The molecule has 0 aliphatic carbocycles. The Morgan fingerprint density at radius 3 is 2.52 bits per heavy atom. The smallest absolute Gasteiger partial charge is 0.129 e. The molecule has 0 heterocycles. The molecule has 0 radical (unpaired) electrons. The molecule has 3 N–H and O–H groups in total. The van der Waals surface area contributed by atoms with Gasteiger partial charge in [0.15, 0.2) is 0 Å². The number of hydrazine groups is 1. The molecule has 0 amide bonds. The number of nitrogens with two attached hydrogens (primary N) is 1. The maximum Gasteiger partial charge on any atom is 0.129 e. The highest BCUT2D eigenvalue weighted by Crippen LogP contribution is 2.35. The van der Waals surface area contributed by atoms with Crippen molar-refractivity contribution in [2.75, 3.05) is 7.11 Å². The van der Waals surface area contributed by atoms with Crippen LogP contribution in [0.2, 0.25) is 5.02 Å². The number of methoxy groups -OCH3 is 1. The van der Waals surface area contributed by atoms with Crippen molar-refractivity contribution in [3.63, 3.8) is 0 Å². The Morgan fingerprint density at radius 1 is 1.24 bits per heavy atom. The van der Waals surface area contributed by atoms with E-state index in [0.29, 0.717) is 16.3 Å². The van der Waals surface area contributed by atoms with Crippen LogP contribution in [0.5, 0.6) is 5.75 Å². The molecule has 1 atom stereocenters. The van der Waals surface area contributed by atoms with E-state index in [4.69, 9.17) is 22.2 Å². The first-order valence-corrected chi connectivity index (χ1v) is 6.92. The fraction of sp³-hybridized carbons (Fsp3) is 0.250. The van der Waals surface area contributed by atoms with Crippen LogP contribution in [0.1, 0.15) is 28.3 Å². The zero-order chi connectivity index (χ0) is 15.6. The van der Waals surface area contributed by atoms with Gasteiger partial charge in [0.2, 0.25) is 0 Å². The van der Waals surface area contributed by atoms with Crippen LogP contribution in [-0.2, 0) is 0 Å². The van der Waals surface area contributed by atoms with Crippen LogP contribution in [-0.4, -0.2) is 7.11 Å². The van der Waals surface area contributed by atoms with E-state index in [1.54, 1.807) is 19.2 Å². The molecule has 0 saturated heterocycles. The summed E-state index contributed by atoms with van der Waals surface area (Å²) in [5, 5.41) is 0.347. The number of halogens is 2. The van der Waals surface area contributed by atoms with Gasteiger partial charge in [0.25, 0.3) is 0 Å². The largest absolute Gasteiger partial charge is 0.496 e. The van der Waals surface area contributed by atoms with Gasteiger partial charge < -0.3 is 4.74 Å². The van der Waals surface area contributed by atoms with Crippen molar-refractivity contribution in [3.8, 4) is 5.75 Å². The summed E-state index contributed by atoms with van der Waals surface area (Å²) in [4.78, 5) is 0. The Kier molecular flexibility index (Phi) is 4.83. The number of nitrogens with one attached hydrogen (secondary N) is 1. The van der Waals surface area contributed by atoms with Gasteiger partial charge in [0.1, 0.15) is 11.6 Å². The lowest BCUT2D eigenvalue weighted by atomic mass is 9.93. The number of hydrogen-bond acceptors (Lipinski definition) is 3. The van der Waals surface area contributed by atoms with Crippen molar-refractivity contribution in [2.24, 2.45) is 5.84 Å². The summed E-state index contributed by atoms with van der Waals surface area (Å²) in [7, 11) is 1.59. The van der Waals surface area contributed by atoms with Crippen LogP contribution < -0.4 is 16.0 Å². The highest BCUT2D eigenvalue weighted by Gasteiger charge is 2.22. The molecular formula is C16H18ClFN2O. The maximum atomic E-state index is 14.2. The Morgan fingerprint density at radius 2 is 1.95 bits per heavy atom. The van der Waals surface area contributed by atoms with Gasteiger partial charge in [-0.2, -0.15) is 0 Å². The lowest BCUT2D eigenvalue weighted by molar-refractivity contribution is 0.402. The monoisotopic (exact) mass is 308 g/mol. The molecule has 0 aliphatic rings. The summed E-state index contributed by atoms with van der Waals surface area (Å²) in [5.74, 6) is 5.93. The molecule has 3 nitrogen and oxygen atoms in total. The van der Waals surface area contributed by atoms with Crippen molar-refractivity contribution >= 4 is 11.6 Å². The number of benzene rings is 2. The van der Waals surface area contributed by atoms with Gasteiger partial charge in [0, 0.05) is 16.1 Å². The van der Waals surface area contributed by atoms with Crippen molar-refractivity contribution in [1.82, 2.24) is 5.43 Å². The van der Waals surface area contributed by atoms with E-state index in [2.05, 4.69) is 5.43 Å². The SMILES string of the molecule is COc1cc(C)cc(C)c1C(NN)c1ccc(Cl)cc1F. The van der Waals surface area contributed by atoms with E-state index in [1.807, 2.05) is 26.0 Å². The van der Waals surface area contributed by atoms with Crippen LogP contribution in [0.15, 0.2) is 30.3 Å². The van der Waals surface area contributed by atoms with Crippen molar-refractivity contribution < 1.29 is 9.13 Å². The summed E-state index contributed by atoms with van der Waals surface area (Å²) in [5.41, 5.74) is 5.95. The molecule has 1 unspecified atom stereocenters. The zero-order valence-corrected chi connectivity index (χ0v) is 13.0. The Labute approximate surface area is 128 Å². The molecule has 21 heavy (non-hydrogen) atoms. The zero-order valence-electron chi connectivity index (χ0n) is 12.2. The maximum absolute atomic E-state index is 14.2. The van der Waals surface area contributed by atoms with Gasteiger partial charge in [-0.1, -0.05) is 23.7 Å². The summed E-state index contributed by atoms with van der Waals surface area (Å²) < 4.78 is 19.6. The first-order valence-electron chi connectivity index (χ1n) is 6.54. The molecule has 0 aliphatic heterocycles. The van der Waals surface area contributed by atoms with Crippen molar-refractivity contribution in [3.05, 3.63) is 63.4 Å². The standard InChI is InChI=1S/C16H18ClFN2O/c1-9-6-10(2)15(14(7-9)21-3)16(20-19)12-5-4-11(17)8-13(12)18/h4-8,16,20H,19H2,1-3H3. The lowest BCUT2D eigenvalue weighted by Gasteiger charge is -2.23. The van der Waals surface area contributed by atoms with E-state index < -0.39 is 11.9 Å². The fourth-order valence-electron chi connectivity index (χ4n) is 2.54. The van der Waals surface area contributed by atoms with E-state index in [-0.39, 0.29) is 0 Å². The first kappa shape index (κ1) is 15.8.